The Morgan fingerprint density at radius 1 is 1.00 bits per heavy atom. The molecule has 1 amide bonds. The summed E-state index contributed by atoms with van der Waals surface area (Å²) in [6.45, 7) is 6.24. The molecule has 0 fully saturated rings. The van der Waals surface area contributed by atoms with E-state index >= 15 is 0 Å². The lowest BCUT2D eigenvalue weighted by Gasteiger charge is -2.08. The number of nitrogens with one attached hydrogen (secondary N) is 1. The Morgan fingerprint density at radius 2 is 1.68 bits per heavy atom. The van der Waals surface area contributed by atoms with E-state index in [0.717, 1.165) is 22.6 Å². The number of amides is 1. The molecule has 0 aliphatic heterocycles. The zero-order valence-electron chi connectivity index (χ0n) is 17.8. The van der Waals surface area contributed by atoms with Crippen LogP contribution < -0.4 is 10.1 Å². The van der Waals surface area contributed by atoms with Crippen molar-refractivity contribution < 1.29 is 14.1 Å². The molecule has 7 heteroatoms. The van der Waals surface area contributed by atoms with E-state index in [2.05, 4.69) is 15.6 Å². The highest BCUT2D eigenvalue weighted by Gasteiger charge is 2.21. The number of aromatic nitrogens is 3. The van der Waals surface area contributed by atoms with E-state index in [1.165, 1.54) is 0 Å². The summed E-state index contributed by atoms with van der Waals surface area (Å²) in [4.78, 5) is 12.8. The Bertz CT molecular complexity index is 1180. The van der Waals surface area contributed by atoms with Crippen LogP contribution in [-0.4, -0.2) is 20.8 Å². The second-order valence-electron chi connectivity index (χ2n) is 7.25. The van der Waals surface area contributed by atoms with Crippen molar-refractivity contribution in [2.24, 2.45) is 0 Å². The van der Waals surface area contributed by atoms with Crippen molar-refractivity contribution in [1.29, 1.82) is 0 Å². The average molecular weight is 416 g/mol. The first-order chi connectivity index (χ1) is 15.0. The number of carbonyl (C=O) groups excluding carboxylic acids is 1. The van der Waals surface area contributed by atoms with Crippen LogP contribution in [0.2, 0.25) is 0 Å². The maximum atomic E-state index is 12.8. The fraction of sp³-hybridized carbons (Fsp3) is 0.208. The Morgan fingerprint density at radius 3 is 2.39 bits per heavy atom. The lowest BCUT2D eigenvalue weighted by atomic mass is 10.1. The van der Waals surface area contributed by atoms with Gasteiger partial charge in [-0.25, -0.2) is 4.68 Å². The Balaban J connectivity index is 1.47. The predicted molar refractivity (Wildman–Crippen MR) is 116 cm³/mol. The minimum atomic E-state index is -0.310. The second-order valence-corrected chi connectivity index (χ2v) is 7.25. The lowest BCUT2D eigenvalue weighted by molar-refractivity contribution is 0.0939. The number of ether oxygens (including phenoxy) is 1. The van der Waals surface area contributed by atoms with Crippen LogP contribution in [0.5, 0.6) is 5.75 Å². The molecule has 4 rings (SSSR count). The van der Waals surface area contributed by atoms with Gasteiger partial charge in [0.25, 0.3) is 5.91 Å². The summed E-state index contributed by atoms with van der Waals surface area (Å²) in [7, 11) is 0. The molecule has 4 aromatic rings. The van der Waals surface area contributed by atoms with Gasteiger partial charge in [0.1, 0.15) is 18.1 Å². The molecule has 2 heterocycles. The molecular weight excluding hydrogens is 392 g/mol. The molecule has 0 aliphatic carbocycles. The molecule has 7 nitrogen and oxygen atoms in total. The Kier molecular flexibility index (Phi) is 5.84. The second kappa shape index (κ2) is 8.87. The molecule has 2 aromatic heterocycles. The highest BCUT2D eigenvalue weighted by atomic mass is 16.5. The topological polar surface area (TPSA) is 82.2 Å². The van der Waals surface area contributed by atoms with Crippen molar-refractivity contribution in [3.8, 4) is 11.4 Å². The van der Waals surface area contributed by atoms with Crippen molar-refractivity contribution in [3.05, 3.63) is 94.6 Å². The molecule has 0 saturated heterocycles. The van der Waals surface area contributed by atoms with Gasteiger partial charge in [-0.3, -0.25) is 4.79 Å². The van der Waals surface area contributed by atoms with Crippen LogP contribution in [0.1, 0.15) is 38.8 Å². The number of hydrogen-bond donors (Lipinski definition) is 1. The van der Waals surface area contributed by atoms with Gasteiger partial charge >= 0.3 is 0 Å². The van der Waals surface area contributed by atoms with Gasteiger partial charge in [0.15, 0.2) is 5.69 Å². The summed E-state index contributed by atoms with van der Waals surface area (Å²) in [5.74, 6) is 0.967. The number of carbonyl (C=O) groups is 1. The molecule has 0 aliphatic rings. The summed E-state index contributed by atoms with van der Waals surface area (Å²) >= 11 is 0. The number of benzene rings is 2. The molecule has 158 valence electrons. The average Bonchev–Trinajstić information content (AvgIpc) is 3.30. The smallest absolute Gasteiger partial charge is 0.274 e. The molecular formula is C24H24N4O3. The van der Waals surface area contributed by atoms with Crippen LogP contribution in [0, 0.1) is 20.8 Å². The highest BCUT2D eigenvalue weighted by Crippen LogP contribution is 2.20. The molecule has 0 atom stereocenters. The first-order valence-electron chi connectivity index (χ1n) is 10.1. The SMILES string of the molecule is Cc1nn(-c2ccccc2)c(C)c1CNC(=O)c1noc(C)c1COc1ccccc1. The van der Waals surface area contributed by atoms with E-state index in [4.69, 9.17) is 9.26 Å². The molecule has 0 spiro atoms. The first kappa shape index (κ1) is 20.4. The van der Waals surface area contributed by atoms with Crippen LogP contribution in [0.25, 0.3) is 5.69 Å². The van der Waals surface area contributed by atoms with Crippen molar-refractivity contribution in [2.75, 3.05) is 0 Å². The number of nitrogens with zero attached hydrogens (tertiary/aromatic N) is 3. The van der Waals surface area contributed by atoms with Crippen LogP contribution >= 0.6 is 0 Å². The van der Waals surface area contributed by atoms with E-state index in [9.17, 15) is 4.79 Å². The molecule has 1 N–H and O–H groups in total. The zero-order chi connectivity index (χ0) is 21.8. The standard InChI is InChI=1S/C24H24N4O3/c1-16-21(17(2)28(26-16)19-10-6-4-7-11-19)14-25-24(29)23-22(18(3)31-27-23)15-30-20-12-8-5-9-13-20/h4-13H,14-15H2,1-3H3,(H,25,29). The number of hydrogen-bond acceptors (Lipinski definition) is 5. The molecule has 31 heavy (non-hydrogen) atoms. The van der Waals surface area contributed by atoms with Crippen molar-refractivity contribution in [2.45, 2.75) is 33.9 Å². The van der Waals surface area contributed by atoms with Crippen LogP contribution in [0.15, 0.2) is 65.2 Å². The molecule has 2 aromatic carbocycles. The summed E-state index contributed by atoms with van der Waals surface area (Å²) in [5.41, 5.74) is 4.67. The maximum Gasteiger partial charge on any atom is 0.274 e. The quantitative estimate of drug-likeness (QED) is 0.486. The first-order valence-corrected chi connectivity index (χ1v) is 10.1. The van der Waals surface area contributed by atoms with Gasteiger partial charge in [-0.2, -0.15) is 5.10 Å². The monoisotopic (exact) mass is 416 g/mol. The minimum absolute atomic E-state index is 0.200. The van der Waals surface area contributed by atoms with E-state index in [1.54, 1.807) is 6.92 Å². The minimum Gasteiger partial charge on any atom is -0.489 e. The van der Waals surface area contributed by atoms with E-state index in [0.29, 0.717) is 23.6 Å². The van der Waals surface area contributed by atoms with Gasteiger partial charge in [-0.05, 0) is 45.0 Å². The van der Waals surface area contributed by atoms with E-state index < -0.39 is 0 Å². The third-order valence-electron chi connectivity index (χ3n) is 5.19. The van der Waals surface area contributed by atoms with Crippen LogP contribution in [0.3, 0.4) is 0 Å². The van der Waals surface area contributed by atoms with Crippen molar-refractivity contribution in [1.82, 2.24) is 20.3 Å². The summed E-state index contributed by atoms with van der Waals surface area (Å²) < 4.78 is 12.9. The fourth-order valence-electron chi connectivity index (χ4n) is 3.42. The lowest BCUT2D eigenvalue weighted by Crippen LogP contribution is -2.25. The maximum absolute atomic E-state index is 12.8. The van der Waals surface area contributed by atoms with Crippen LogP contribution in [0.4, 0.5) is 0 Å². The van der Waals surface area contributed by atoms with Crippen LogP contribution in [-0.2, 0) is 13.2 Å². The number of para-hydroxylation sites is 2. The van der Waals surface area contributed by atoms with Gasteiger partial charge in [-0.1, -0.05) is 41.6 Å². The van der Waals surface area contributed by atoms with E-state index in [-0.39, 0.29) is 18.2 Å². The number of aryl methyl sites for hydroxylation is 2. The predicted octanol–water partition coefficient (Wildman–Crippen LogP) is 4.29. The highest BCUT2D eigenvalue weighted by molar-refractivity contribution is 5.93. The van der Waals surface area contributed by atoms with Gasteiger partial charge in [0.05, 0.1) is 16.9 Å². The normalized spacial score (nSPS) is 10.8. The van der Waals surface area contributed by atoms with Gasteiger partial charge < -0.3 is 14.6 Å². The van der Waals surface area contributed by atoms with Crippen molar-refractivity contribution >= 4 is 5.91 Å². The summed E-state index contributed by atoms with van der Waals surface area (Å²) in [6.07, 6.45) is 0. The molecule has 0 unspecified atom stereocenters. The molecule has 0 bridgehead atoms. The zero-order valence-corrected chi connectivity index (χ0v) is 17.8. The van der Waals surface area contributed by atoms with Crippen molar-refractivity contribution in [3.63, 3.8) is 0 Å². The Hall–Kier alpha value is -3.87. The number of rotatable bonds is 7. The summed E-state index contributed by atoms with van der Waals surface area (Å²) in [6, 6.07) is 19.3. The van der Waals surface area contributed by atoms with Gasteiger partial charge in [-0.15, -0.1) is 0 Å². The van der Waals surface area contributed by atoms with E-state index in [1.807, 2.05) is 79.2 Å². The summed E-state index contributed by atoms with van der Waals surface area (Å²) in [5, 5.41) is 11.5. The molecule has 0 saturated carbocycles. The molecule has 0 radical (unpaired) electrons. The van der Waals surface area contributed by atoms with Gasteiger partial charge in [0.2, 0.25) is 0 Å². The third kappa shape index (κ3) is 4.35. The van der Waals surface area contributed by atoms with Gasteiger partial charge in [0, 0.05) is 17.8 Å². The Labute approximate surface area is 180 Å². The third-order valence-corrected chi connectivity index (χ3v) is 5.19. The largest absolute Gasteiger partial charge is 0.489 e. The fourth-order valence-corrected chi connectivity index (χ4v) is 3.42.